The summed E-state index contributed by atoms with van der Waals surface area (Å²) >= 11 is 5.94. The lowest BCUT2D eigenvalue weighted by Gasteiger charge is -2.49. The van der Waals surface area contributed by atoms with Crippen LogP contribution in [0.3, 0.4) is 0 Å². The Morgan fingerprint density at radius 3 is 2.30 bits per heavy atom. The molecule has 30 heavy (non-hydrogen) atoms. The topological polar surface area (TPSA) is 78.9 Å². The molecular formula is C22H32ClFN2O4. The predicted molar refractivity (Wildman–Crippen MR) is 114 cm³/mol. The molecule has 4 atom stereocenters. The summed E-state index contributed by atoms with van der Waals surface area (Å²) in [6.07, 6.45) is -0.670. The highest BCUT2D eigenvalue weighted by atomic mass is 35.5. The molecule has 0 spiro atoms. The molecule has 2 N–H and O–H groups in total. The third kappa shape index (κ3) is 5.06. The van der Waals surface area contributed by atoms with Gasteiger partial charge in [0.2, 0.25) is 5.91 Å². The number of halogens is 2. The first-order valence-electron chi connectivity index (χ1n) is 10.1. The van der Waals surface area contributed by atoms with Gasteiger partial charge in [-0.15, -0.1) is 0 Å². The number of hydrogen-bond acceptors (Lipinski definition) is 4. The number of carbonyl (C=O) groups excluding carboxylic acids is 2. The standard InChI is InChI=1S/C22H32ClFN2O4/c1-12-8-16(23)9-17(24)18(12)22(29)13(2)10-26(11-14(22)3)19(27)15(4)25-20(28)30-21(5,6)7/h8-9,13-15,29H,10-11H2,1-7H3,(H,25,28)/t13-,14+,15-,22?/m1/s1. The van der Waals surface area contributed by atoms with Crippen LogP contribution in [0.25, 0.3) is 0 Å². The summed E-state index contributed by atoms with van der Waals surface area (Å²) in [4.78, 5) is 26.5. The zero-order valence-corrected chi connectivity index (χ0v) is 19.4. The van der Waals surface area contributed by atoms with Crippen molar-refractivity contribution in [1.82, 2.24) is 10.2 Å². The van der Waals surface area contributed by atoms with E-state index in [2.05, 4.69) is 5.32 Å². The Bertz CT molecular complexity index is 789. The van der Waals surface area contributed by atoms with Crippen molar-refractivity contribution in [2.75, 3.05) is 13.1 Å². The summed E-state index contributed by atoms with van der Waals surface area (Å²) in [6.45, 7) is 12.6. The van der Waals surface area contributed by atoms with E-state index in [0.29, 0.717) is 5.56 Å². The summed E-state index contributed by atoms with van der Waals surface area (Å²) < 4.78 is 20.0. The van der Waals surface area contributed by atoms with Gasteiger partial charge in [0, 0.05) is 35.5 Å². The Morgan fingerprint density at radius 1 is 1.30 bits per heavy atom. The zero-order chi connectivity index (χ0) is 23.0. The number of nitrogens with zero attached hydrogens (tertiary/aromatic N) is 1. The summed E-state index contributed by atoms with van der Waals surface area (Å²) in [5.41, 5.74) is -1.32. The van der Waals surface area contributed by atoms with Crippen molar-refractivity contribution in [3.05, 3.63) is 34.1 Å². The average molecular weight is 443 g/mol. The maximum absolute atomic E-state index is 14.8. The van der Waals surface area contributed by atoms with E-state index in [1.165, 1.54) is 6.07 Å². The van der Waals surface area contributed by atoms with E-state index >= 15 is 0 Å². The van der Waals surface area contributed by atoms with Crippen LogP contribution < -0.4 is 5.32 Å². The number of aliphatic hydroxyl groups is 1. The highest BCUT2D eigenvalue weighted by Gasteiger charge is 2.49. The van der Waals surface area contributed by atoms with E-state index in [-0.39, 0.29) is 29.6 Å². The van der Waals surface area contributed by atoms with E-state index in [0.717, 1.165) is 0 Å². The van der Waals surface area contributed by atoms with Gasteiger partial charge >= 0.3 is 6.09 Å². The predicted octanol–water partition coefficient (Wildman–Crippen LogP) is 4.00. The third-order valence-electron chi connectivity index (χ3n) is 5.56. The van der Waals surface area contributed by atoms with Crippen molar-refractivity contribution >= 4 is 23.6 Å². The third-order valence-corrected chi connectivity index (χ3v) is 5.78. The Morgan fingerprint density at radius 2 is 1.83 bits per heavy atom. The average Bonchev–Trinajstić information content (AvgIpc) is 2.56. The van der Waals surface area contributed by atoms with Gasteiger partial charge in [-0.1, -0.05) is 25.4 Å². The SMILES string of the molecule is Cc1cc(Cl)cc(F)c1C1(O)[C@H](C)CN(C(=O)[C@@H](C)NC(=O)OC(C)(C)C)C[C@@H]1C. The summed E-state index contributed by atoms with van der Waals surface area (Å²) in [5.74, 6) is -1.71. The molecule has 6 nitrogen and oxygen atoms in total. The maximum Gasteiger partial charge on any atom is 0.408 e. The second-order valence-corrected chi connectivity index (χ2v) is 9.75. The van der Waals surface area contributed by atoms with Gasteiger partial charge in [-0.2, -0.15) is 0 Å². The monoisotopic (exact) mass is 442 g/mol. The van der Waals surface area contributed by atoms with Gasteiger partial charge in [0.1, 0.15) is 23.1 Å². The molecule has 0 saturated carbocycles. The van der Waals surface area contributed by atoms with Crippen LogP contribution in [-0.4, -0.2) is 46.7 Å². The first-order valence-corrected chi connectivity index (χ1v) is 10.5. The van der Waals surface area contributed by atoms with Gasteiger partial charge in [0.15, 0.2) is 0 Å². The second kappa shape index (κ2) is 8.71. The number of ether oxygens (including phenoxy) is 1. The molecule has 1 aliphatic rings. The Labute approximate surface area is 182 Å². The van der Waals surface area contributed by atoms with Crippen LogP contribution in [0.2, 0.25) is 5.02 Å². The fourth-order valence-electron chi connectivity index (χ4n) is 4.20. The summed E-state index contributed by atoms with van der Waals surface area (Å²) in [7, 11) is 0. The molecule has 168 valence electrons. The van der Waals surface area contributed by atoms with Crippen LogP contribution in [0.1, 0.15) is 52.7 Å². The van der Waals surface area contributed by atoms with Crippen molar-refractivity contribution < 1.29 is 23.8 Å². The second-order valence-electron chi connectivity index (χ2n) is 9.32. The van der Waals surface area contributed by atoms with Gasteiger partial charge in [0.05, 0.1) is 0 Å². The van der Waals surface area contributed by atoms with E-state index in [4.69, 9.17) is 16.3 Å². The number of aryl methyl sites for hydroxylation is 1. The largest absolute Gasteiger partial charge is 0.444 e. The number of rotatable bonds is 3. The molecule has 1 unspecified atom stereocenters. The molecule has 0 aromatic heterocycles. The normalized spacial score (nSPS) is 25.6. The van der Waals surface area contributed by atoms with Crippen molar-refractivity contribution in [2.45, 2.75) is 65.7 Å². The minimum Gasteiger partial charge on any atom is -0.444 e. The minimum atomic E-state index is -1.45. The molecule has 1 heterocycles. The van der Waals surface area contributed by atoms with Gasteiger partial charge in [0.25, 0.3) is 0 Å². The van der Waals surface area contributed by atoms with Crippen LogP contribution >= 0.6 is 11.6 Å². The molecule has 8 heteroatoms. The summed E-state index contributed by atoms with van der Waals surface area (Å²) in [5, 5.41) is 14.4. The molecule has 1 fully saturated rings. The van der Waals surface area contributed by atoms with Crippen LogP contribution in [0.5, 0.6) is 0 Å². The quantitative estimate of drug-likeness (QED) is 0.741. The fraction of sp³-hybridized carbons (Fsp3) is 0.636. The van der Waals surface area contributed by atoms with Gasteiger partial charge < -0.3 is 20.1 Å². The Balaban J connectivity index is 2.18. The number of alkyl carbamates (subject to hydrolysis) is 1. The number of carbonyl (C=O) groups is 2. The van der Waals surface area contributed by atoms with Crippen molar-refractivity contribution in [3.8, 4) is 0 Å². The van der Waals surface area contributed by atoms with E-state index < -0.39 is 41.0 Å². The zero-order valence-electron chi connectivity index (χ0n) is 18.7. The number of benzene rings is 1. The van der Waals surface area contributed by atoms with Crippen LogP contribution in [-0.2, 0) is 15.1 Å². The molecule has 1 aromatic rings. The van der Waals surface area contributed by atoms with Crippen LogP contribution in [0, 0.1) is 24.6 Å². The highest BCUT2D eigenvalue weighted by molar-refractivity contribution is 6.30. The number of likely N-dealkylation sites (tertiary alicyclic amines) is 1. The van der Waals surface area contributed by atoms with Gasteiger partial charge in [-0.3, -0.25) is 4.79 Å². The van der Waals surface area contributed by atoms with E-state index in [1.54, 1.807) is 59.4 Å². The fourth-order valence-corrected chi connectivity index (χ4v) is 4.46. The molecule has 0 bridgehead atoms. The lowest BCUT2D eigenvalue weighted by Crippen LogP contribution is -2.59. The lowest BCUT2D eigenvalue weighted by molar-refractivity contribution is -0.151. The number of amides is 2. The van der Waals surface area contributed by atoms with Gasteiger partial charge in [-0.25, -0.2) is 9.18 Å². The van der Waals surface area contributed by atoms with E-state index in [9.17, 15) is 19.1 Å². The van der Waals surface area contributed by atoms with E-state index in [1.807, 2.05) is 0 Å². The molecule has 0 aliphatic carbocycles. The smallest absolute Gasteiger partial charge is 0.408 e. The highest BCUT2D eigenvalue weighted by Crippen LogP contribution is 2.44. The molecule has 1 aromatic carbocycles. The number of piperidine rings is 1. The van der Waals surface area contributed by atoms with Crippen LogP contribution in [0.15, 0.2) is 12.1 Å². The van der Waals surface area contributed by atoms with Gasteiger partial charge in [-0.05, 0) is 52.3 Å². The lowest BCUT2D eigenvalue weighted by atomic mass is 9.69. The molecule has 1 aliphatic heterocycles. The van der Waals surface area contributed by atoms with Crippen molar-refractivity contribution in [2.24, 2.45) is 11.8 Å². The first-order chi connectivity index (χ1) is 13.7. The Hall–Kier alpha value is -1.86. The number of nitrogens with one attached hydrogen (secondary N) is 1. The molecule has 0 radical (unpaired) electrons. The minimum absolute atomic E-state index is 0.221. The molecule has 2 rings (SSSR count). The summed E-state index contributed by atoms with van der Waals surface area (Å²) in [6, 6.07) is 2.03. The number of hydrogen-bond donors (Lipinski definition) is 2. The first kappa shape index (κ1) is 24.4. The molecular weight excluding hydrogens is 411 g/mol. The van der Waals surface area contributed by atoms with Crippen LogP contribution in [0.4, 0.5) is 9.18 Å². The maximum atomic E-state index is 14.8. The molecule has 1 saturated heterocycles. The van der Waals surface area contributed by atoms with Crippen molar-refractivity contribution in [1.29, 1.82) is 0 Å². The van der Waals surface area contributed by atoms with Crippen molar-refractivity contribution in [3.63, 3.8) is 0 Å². The Kier molecular flexibility index (Phi) is 7.09. The molecule has 2 amide bonds.